The van der Waals surface area contributed by atoms with Crippen molar-refractivity contribution in [3.63, 3.8) is 0 Å². The van der Waals surface area contributed by atoms with E-state index in [2.05, 4.69) is 4.90 Å². The van der Waals surface area contributed by atoms with Gasteiger partial charge in [0.05, 0.1) is 5.92 Å². The standard InChI is InChI=1S/C25H37N5O3.2ClH/c1-28(20-10-8-19(9-11-20)24(31)33-22-4-2-3-5-22)25(32)30-16-14-29(15-17-30)21-12-6-18(7-13-21)23(26)27;;/h6-7,12-13,19-20,22H,2-5,8-11,14-17H2,1H3,(H3,26,27);2*1H/t19-,20-;;. The fourth-order valence-electron chi connectivity index (χ4n) is 5.35. The molecule has 2 amide bonds. The first-order valence-electron chi connectivity index (χ1n) is 12.3. The number of hydrogen-bond acceptors (Lipinski definition) is 5. The predicted octanol–water partition coefficient (Wildman–Crippen LogP) is 4.03. The van der Waals surface area contributed by atoms with E-state index >= 15 is 0 Å². The number of nitrogens with two attached hydrogens (primary N) is 1. The lowest BCUT2D eigenvalue weighted by atomic mass is 9.85. The molecule has 0 radical (unpaired) electrons. The van der Waals surface area contributed by atoms with Gasteiger partial charge in [0.2, 0.25) is 0 Å². The second kappa shape index (κ2) is 13.2. The molecule has 1 aliphatic heterocycles. The smallest absolute Gasteiger partial charge is 0.320 e. The number of hydrogen-bond donors (Lipinski definition) is 2. The molecule has 1 aromatic carbocycles. The van der Waals surface area contributed by atoms with E-state index in [0.29, 0.717) is 13.1 Å². The highest BCUT2D eigenvalue weighted by molar-refractivity contribution is 5.95. The zero-order valence-corrected chi connectivity index (χ0v) is 22.1. The van der Waals surface area contributed by atoms with Crippen LogP contribution in [0.5, 0.6) is 0 Å². The van der Waals surface area contributed by atoms with E-state index in [9.17, 15) is 9.59 Å². The van der Waals surface area contributed by atoms with Crippen molar-refractivity contribution in [2.75, 3.05) is 38.1 Å². The SMILES string of the molecule is CN(C(=O)N1CCN(c2ccc(C(=N)N)cc2)CC1)[C@H]1CC[C@H](C(=O)OC2CCCC2)CC1.Cl.Cl. The molecule has 1 saturated heterocycles. The fraction of sp³-hybridized carbons (Fsp3) is 0.640. The molecule has 2 saturated carbocycles. The first-order valence-corrected chi connectivity index (χ1v) is 12.3. The summed E-state index contributed by atoms with van der Waals surface area (Å²) in [6.07, 6.45) is 7.80. The summed E-state index contributed by atoms with van der Waals surface area (Å²) in [4.78, 5) is 31.7. The lowest BCUT2D eigenvalue weighted by molar-refractivity contribution is -0.155. The molecule has 3 fully saturated rings. The van der Waals surface area contributed by atoms with Crippen LogP contribution in [-0.4, -0.2) is 73.0 Å². The zero-order valence-electron chi connectivity index (χ0n) is 20.5. The van der Waals surface area contributed by atoms with Crippen LogP contribution in [0.2, 0.25) is 0 Å². The van der Waals surface area contributed by atoms with Gasteiger partial charge < -0.3 is 25.2 Å². The largest absolute Gasteiger partial charge is 0.462 e. The molecular weight excluding hydrogens is 489 g/mol. The maximum absolute atomic E-state index is 13.1. The first-order chi connectivity index (χ1) is 15.9. The number of urea groups is 1. The number of rotatable bonds is 5. The Balaban J connectivity index is 0.00000216. The lowest BCUT2D eigenvalue weighted by Gasteiger charge is -2.41. The van der Waals surface area contributed by atoms with Crippen molar-refractivity contribution in [3.05, 3.63) is 29.8 Å². The number of halogens is 2. The molecule has 3 N–H and O–H groups in total. The summed E-state index contributed by atoms with van der Waals surface area (Å²) in [5, 5.41) is 7.52. The van der Waals surface area contributed by atoms with Crippen LogP contribution in [0.4, 0.5) is 10.5 Å². The van der Waals surface area contributed by atoms with Gasteiger partial charge in [-0.15, -0.1) is 24.8 Å². The van der Waals surface area contributed by atoms with Gasteiger partial charge in [-0.05, 0) is 75.6 Å². The molecule has 196 valence electrons. The Morgan fingerprint density at radius 2 is 1.51 bits per heavy atom. The number of benzene rings is 1. The summed E-state index contributed by atoms with van der Waals surface area (Å²) >= 11 is 0. The number of carbonyl (C=O) groups excluding carboxylic acids is 2. The summed E-state index contributed by atoms with van der Waals surface area (Å²) in [6, 6.07) is 7.96. The summed E-state index contributed by atoms with van der Waals surface area (Å²) in [7, 11) is 1.90. The molecule has 2 aliphatic carbocycles. The third-order valence-corrected chi connectivity index (χ3v) is 7.56. The van der Waals surface area contributed by atoms with E-state index in [1.807, 2.05) is 41.1 Å². The molecular formula is C25H39Cl2N5O3. The first kappa shape index (κ1) is 29.0. The van der Waals surface area contributed by atoms with Crippen LogP contribution in [0.25, 0.3) is 0 Å². The lowest BCUT2D eigenvalue weighted by Crippen LogP contribution is -2.54. The normalized spacial score (nSPS) is 22.5. The van der Waals surface area contributed by atoms with E-state index in [1.165, 1.54) is 0 Å². The van der Waals surface area contributed by atoms with Crippen molar-refractivity contribution in [3.8, 4) is 0 Å². The van der Waals surface area contributed by atoms with Crippen LogP contribution in [0.1, 0.15) is 56.9 Å². The van der Waals surface area contributed by atoms with Crippen molar-refractivity contribution in [1.29, 1.82) is 5.41 Å². The minimum atomic E-state index is -0.0261. The van der Waals surface area contributed by atoms with Crippen molar-refractivity contribution in [1.82, 2.24) is 9.80 Å². The number of esters is 1. The Kier molecular flexibility index (Phi) is 11.0. The van der Waals surface area contributed by atoms with Crippen LogP contribution in [0.15, 0.2) is 24.3 Å². The van der Waals surface area contributed by atoms with Gasteiger partial charge in [0.15, 0.2) is 0 Å². The second-order valence-corrected chi connectivity index (χ2v) is 9.68. The van der Waals surface area contributed by atoms with Crippen LogP contribution in [0, 0.1) is 11.3 Å². The van der Waals surface area contributed by atoms with E-state index in [1.54, 1.807) is 0 Å². The number of ether oxygens (including phenoxy) is 1. The molecule has 0 atom stereocenters. The zero-order chi connectivity index (χ0) is 23.4. The Bertz CT molecular complexity index is 847. The number of amidine groups is 1. The van der Waals surface area contributed by atoms with Crippen molar-refractivity contribution < 1.29 is 14.3 Å². The van der Waals surface area contributed by atoms with Crippen LogP contribution < -0.4 is 10.6 Å². The van der Waals surface area contributed by atoms with E-state index < -0.39 is 0 Å². The van der Waals surface area contributed by atoms with Gasteiger partial charge in [0, 0.05) is 50.5 Å². The number of nitrogens with one attached hydrogen (secondary N) is 1. The second-order valence-electron chi connectivity index (χ2n) is 9.68. The number of anilines is 1. The van der Waals surface area contributed by atoms with Gasteiger partial charge in [0.25, 0.3) is 0 Å². The molecule has 0 aromatic heterocycles. The Labute approximate surface area is 220 Å². The molecule has 0 bridgehead atoms. The van der Waals surface area contributed by atoms with E-state index in [-0.39, 0.29) is 60.7 Å². The number of nitrogens with zero attached hydrogens (tertiary/aromatic N) is 3. The molecule has 10 heteroatoms. The molecule has 0 unspecified atom stereocenters. The fourth-order valence-corrected chi connectivity index (χ4v) is 5.35. The van der Waals surface area contributed by atoms with E-state index in [4.69, 9.17) is 15.9 Å². The Morgan fingerprint density at radius 1 is 0.943 bits per heavy atom. The molecule has 3 aliphatic rings. The number of piperazine rings is 1. The minimum Gasteiger partial charge on any atom is -0.462 e. The van der Waals surface area contributed by atoms with Gasteiger partial charge in [-0.25, -0.2) is 4.79 Å². The average Bonchev–Trinajstić information content (AvgIpc) is 3.36. The highest BCUT2D eigenvalue weighted by atomic mass is 35.5. The molecule has 0 spiro atoms. The Hall–Kier alpha value is -2.19. The highest BCUT2D eigenvalue weighted by Crippen LogP contribution is 2.30. The topological polar surface area (TPSA) is 103 Å². The predicted molar refractivity (Wildman–Crippen MR) is 143 cm³/mol. The third kappa shape index (κ3) is 7.17. The quantitative estimate of drug-likeness (QED) is 0.341. The van der Waals surface area contributed by atoms with Gasteiger partial charge in [-0.2, -0.15) is 0 Å². The van der Waals surface area contributed by atoms with Crippen LogP contribution in [0.3, 0.4) is 0 Å². The molecule has 35 heavy (non-hydrogen) atoms. The molecule has 1 aromatic rings. The summed E-state index contributed by atoms with van der Waals surface area (Å²) in [5.41, 5.74) is 7.34. The van der Waals surface area contributed by atoms with E-state index in [0.717, 1.165) is 75.7 Å². The summed E-state index contributed by atoms with van der Waals surface area (Å²) in [6.45, 7) is 2.92. The van der Waals surface area contributed by atoms with Gasteiger partial charge in [0.1, 0.15) is 11.9 Å². The summed E-state index contributed by atoms with van der Waals surface area (Å²) < 4.78 is 5.70. The van der Waals surface area contributed by atoms with Crippen molar-refractivity contribution >= 4 is 48.3 Å². The maximum Gasteiger partial charge on any atom is 0.320 e. The monoisotopic (exact) mass is 527 g/mol. The van der Waals surface area contributed by atoms with Crippen molar-refractivity contribution in [2.45, 2.75) is 63.5 Å². The molecule has 4 rings (SSSR count). The highest BCUT2D eigenvalue weighted by Gasteiger charge is 2.34. The Morgan fingerprint density at radius 3 is 2.06 bits per heavy atom. The van der Waals surface area contributed by atoms with Gasteiger partial charge in [-0.1, -0.05) is 0 Å². The minimum absolute atomic E-state index is 0. The average molecular weight is 529 g/mol. The molecule has 8 nitrogen and oxygen atoms in total. The van der Waals surface area contributed by atoms with Crippen molar-refractivity contribution in [2.24, 2.45) is 11.7 Å². The van der Waals surface area contributed by atoms with Gasteiger partial charge >= 0.3 is 12.0 Å². The summed E-state index contributed by atoms with van der Waals surface area (Å²) in [5.74, 6) is 0.0322. The molecule has 1 heterocycles. The number of carbonyl (C=O) groups is 2. The van der Waals surface area contributed by atoms with Gasteiger partial charge in [-0.3, -0.25) is 10.2 Å². The number of amides is 2. The van der Waals surface area contributed by atoms with Crippen LogP contribution in [-0.2, 0) is 9.53 Å². The third-order valence-electron chi connectivity index (χ3n) is 7.56. The number of nitrogen functional groups attached to an aromatic ring is 1. The van der Waals surface area contributed by atoms with Crippen LogP contribution >= 0.6 is 24.8 Å². The maximum atomic E-state index is 13.1.